The average molecular weight is 288 g/mol. The van der Waals surface area contributed by atoms with Crippen molar-refractivity contribution in [2.24, 2.45) is 0 Å². The Balaban J connectivity index is 2.05. The summed E-state index contributed by atoms with van der Waals surface area (Å²) in [6, 6.07) is 4.06. The normalized spacial score (nSPS) is 18.5. The molecule has 1 aliphatic heterocycles. The number of ether oxygens (including phenoxy) is 1. The highest BCUT2D eigenvalue weighted by atomic mass is 16.5. The molecule has 1 aromatic carbocycles. The molecule has 1 aliphatic rings. The zero-order valence-corrected chi connectivity index (χ0v) is 12.4. The lowest BCUT2D eigenvalue weighted by atomic mass is 10.1. The summed E-state index contributed by atoms with van der Waals surface area (Å²) in [6.07, 6.45) is 2.94. The fourth-order valence-corrected chi connectivity index (χ4v) is 2.91. The first-order chi connectivity index (χ1) is 10.0. The molecule has 1 N–H and O–H groups in total. The van der Waals surface area contributed by atoms with Crippen molar-refractivity contribution in [2.75, 3.05) is 6.61 Å². The van der Waals surface area contributed by atoms with Crippen molar-refractivity contribution < 1.29 is 14.6 Å². The van der Waals surface area contributed by atoms with Crippen LogP contribution in [0.15, 0.2) is 12.1 Å². The van der Waals surface area contributed by atoms with Crippen molar-refractivity contribution in [3.8, 4) is 0 Å². The van der Waals surface area contributed by atoms with E-state index < -0.39 is 5.97 Å². The van der Waals surface area contributed by atoms with Crippen molar-refractivity contribution in [3.63, 3.8) is 0 Å². The minimum atomic E-state index is -0.846. The van der Waals surface area contributed by atoms with E-state index in [-0.39, 0.29) is 12.6 Å². The Morgan fingerprint density at radius 2 is 2.19 bits per heavy atom. The molecule has 1 fully saturated rings. The lowest BCUT2D eigenvalue weighted by Crippen LogP contribution is -2.17. The second-order valence-electron chi connectivity index (χ2n) is 5.77. The topological polar surface area (TPSA) is 64.4 Å². The molecule has 1 saturated heterocycles. The van der Waals surface area contributed by atoms with Gasteiger partial charge >= 0.3 is 5.97 Å². The maximum atomic E-state index is 11.2. The van der Waals surface area contributed by atoms with Crippen molar-refractivity contribution in [3.05, 3.63) is 29.1 Å². The Morgan fingerprint density at radius 1 is 1.43 bits per heavy atom. The quantitative estimate of drug-likeness (QED) is 0.938. The maximum absolute atomic E-state index is 11.2. The average Bonchev–Trinajstić information content (AvgIpc) is 3.01. The fourth-order valence-electron chi connectivity index (χ4n) is 2.91. The van der Waals surface area contributed by atoms with Crippen molar-refractivity contribution in [1.29, 1.82) is 0 Å². The monoisotopic (exact) mass is 288 g/mol. The van der Waals surface area contributed by atoms with Gasteiger partial charge in [-0.05, 0) is 49.9 Å². The van der Waals surface area contributed by atoms with Crippen LogP contribution in [-0.4, -0.2) is 33.3 Å². The van der Waals surface area contributed by atoms with Crippen LogP contribution in [0.1, 0.15) is 29.8 Å². The first-order valence-corrected chi connectivity index (χ1v) is 7.34. The van der Waals surface area contributed by atoms with Gasteiger partial charge in [-0.25, -0.2) is 4.98 Å². The third kappa shape index (κ3) is 2.78. The number of fused-ring (bicyclic) bond motifs is 1. The van der Waals surface area contributed by atoms with Gasteiger partial charge in [0.25, 0.3) is 0 Å². The molecule has 3 rings (SSSR count). The van der Waals surface area contributed by atoms with E-state index in [9.17, 15) is 9.90 Å². The molecule has 2 heterocycles. The summed E-state index contributed by atoms with van der Waals surface area (Å²) in [6.45, 7) is 4.82. The van der Waals surface area contributed by atoms with Crippen LogP contribution in [0.2, 0.25) is 0 Å². The molecule has 5 heteroatoms. The highest BCUT2D eigenvalue weighted by Crippen LogP contribution is 2.24. The lowest BCUT2D eigenvalue weighted by Gasteiger charge is -2.11. The molecule has 1 atom stereocenters. The van der Waals surface area contributed by atoms with Crippen molar-refractivity contribution in [2.45, 2.75) is 45.8 Å². The van der Waals surface area contributed by atoms with Crippen LogP contribution in [0, 0.1) is 13.8 Å². The number of rotatable bonds is 4. The molecular formula is C16H20N2O3. The van der Waals surface area contributed by atoms with Gasteiger partial charge in [-0.2, -0.15) is 0 Å². The van der Waals surface area contributed by atoms with E-state index >= 15 is 0 Å². The number of carbonyl (C=O) groups is 1. The largest absolute Gasteiger partial charge is 0.480 e. The van der Waals surface area contributed by atoms with E-state index in [2.05, 4.69) is 4.98 Å². The fraction of sp³-hybridized carbons (Fsp3) is 0.500. The summed E-state index contributed by atoms with van der Waals surface area (Å²) >= 11 is 0. The molecule has 2 aromatic rings. The summed E-state index contributed by atoms with van der Waals surface area (Å²) in [5, 5.41) is 9.17. The van der Waals surface area contributed by atoms with Crippen molar-refractivity contribution in [1.82, 2.24) is 9.55 Å². The number of aromatic nitrogens is 2. The molecule has 1 aromatic heterocycles. The van der Waals surface area contributed by atoms with E-state index in [1.54, 1.807) is 0 Å². The van der Waals surface area contributed by atoms with Crippen LogP contribution in [0.3, 0.4) is 0 Å². The molecule has 0 radical (unpaired) electrons. The number of carboxylic acid groups (broad SMARTS) is 1. The first kappa shape index (κ1) is 14.1. The molecule has 0 saturated carbocycles. The number of hydrogen-bond donors (Lipinski definition) is 1. The minimum absolute atomic E-state index is 0.0545. The lowest BCUT2D eigenvalue weighted by molar-refractivity contribution is -0.137. The third-order valence-electron chi connectivity index (χ3n) is 4.17. The molecular weight excluding hydrogens is 268 g/mol. The van der Waals surface area contributed by atoms with E-state index in [0.717, 1.165) is 41.9 Å². The van der Waals surface area contributed by atoms with Gasteiger partial charge in [0.2, 0.25) is 0 Å². The Hall–Kier alpha value is -1.88. The Morgan fingerprint density at radius 3 is 2.86 bits per heavy atom. The number of carboxylic acids is 1. The standard InChI is InChI=1S/C16H20N2O3/c1-10-6-13-14(7-11(10)2)18(9-16(19)20)15(17-13)8-12-4-3-5-21-12/h6-7,12H,3-5,8-9H2,1-2H3,(H,19,20). The summed E-state index contributed by atoms with van der Waals surface area (Å²) < 4.78 is 7.47. The zero-order chi connectivity index (χ0) is 15.0. The van der Waals surface area contributed by atoms with Crippen LogP contribution < -0.4 is 0 Å². The molecule has 21 heavy (non-hydrogen) atoms. The van der Waals surface area contributed by atoms with Gasteiger partial charge < -0.3 is 14.4 Å². The number of benzene rings is 1. The van der Waals surface area contributed by atoms with Gasteiger partial charge in [-0.3, -0.25) is 4.79 Å². The summed E-state index contributed by atoms with van der Waals surface area (Å²) in [5.41, 5.74) is 4.09. The van der Waals surface area contributed by atoms with Crippen molar-refractivity contribution >= 4 is 17.0 Å². The highest BCUT2D eigenvalue weighted by Gasteiger charge is 2.21. The van der Waals surface area contributed by atoms with Gasteiger partial charge in [-0.1, -0.05) is 0 Å². The third-order valence-corrected chi connectivity index (χ3v) is 4.17. The van der Waals surface area contributed by atoms with Crippen LogP contribution >= 0.6 is 0 Å². The zero-order valence-electron chi connectivity index (χ0n) is 12.4. The van der Waals surface area contributed by atoms with E-state index in [0.29, 0.717) is 6.42 Å². The molecule has 1 unspecified atom stereocenters. The highest BCUT2D eigenvalue weighted by molar-refractivity contribution is 5.80. The second-order valence-corrected chi connectivity index (χ2v) is 5.77. The van der Waals surface area contributed by atoms with E-state index in [1.807, 2.05) is 30.5 Å². The Labute approximate surface area is 123 Å². The number of imidazole rings is 1. The molecule has 0 spiro atoms. The SMILES string of the molecule is Cc1cc2nc(CC3CCCO3)n(CC(=O)O)c2cc1C. The summed E-state index contributed by atoms with van der Waals surface area (Å²) in [5.74, 6) is -0.0366. The number of aliphatic carboxylic acids is 1. The van der Waals surface area contributed by atoms with E-state index in [1.165, 1.54) is 5.56 Å². The Kier molecular flexibility index (Phi) is 3.68. The minimum Gasteiger partial charge on any atom is -0.480 e. The Bertz CT molecular complexity index is 684. The molecule has 112 valence electrons. The van der Waals surface area contributed by atoms with Gasteiger partial charge in [-0.15, -0.1) is 0 Å². The smallest absolute Gasteiger partial charge is 0.323 e. The van der Waals surface area contributed by atoms with Gasteiger partial charge in [0.05, 0.1) is 17.1 Å². The number of hydrogen-bond acceptors (Lipinski definition) is 3. The van der Waals surface area contributed by atoms with Gasteiger partial charge in [0.1, 0.15) is 12.4 Å². The summed E-state index contributed by atoms with van der Waals surface area (Å²) in [4.78, 5) is 15.8. The molecule has 0 aliphatic carbocycles. The molecule has 5 nitrogen and oxygen atoms in total. The first-order valence-electron chi connectivity index (χ1n) is 7.34. The van der Waals surface area contributed by atoms with Crippen LogP contribution in [0.5, 0.6) is 0 Å². The number of nitrogens with zero attached hydrogens (tertiary/aromatic N) is 2. The van der Waals surface area contributed by atoms with Gasteiger partial charge in [0.15, 0.2) is 0 Å². The van der Waals surface area contributed by atoms with E-state index in [4.69, 9.17) is 4.74 Å². The summed E-state index contributed by atoms with van der Waals surface area (Å²) in [7, 11) is 0. The second kappa shape index (κ2) is 5.48. The maximum Gasteiger partial charge on any atom is 0.323 e. The van der Waals surface area contributed by atoms with Crippen LogP contribution in [0.25, 0.3) is 11.0 Å². The van der Waals surface area contributed by atoms with Crippen LogP contribution in [0.4, 0.5) is 0 Å². The number of aryl methyl sites for hydroxylation is 2. The molecule has 0 bridgehead atoms. The predicted molar refractivity (Wildman–Crippen MR) is 79.5 cm³/mol. The van der Waals surface area contributed by atoms with Gasteiger partial charge in [0, 0.05) is 13.0 Å². The van der Waals surface area contributed by atoms with Crippen LogP contribution in [-0.2, 0) is 22.5 Å². The predicted octanol–water partition coefficient (Wildman–Crippen LogP) is 2.46. The molecule has 0 amide bonds.